The third-order valence-corrected chi connectivity index (χ3v) is 4.18. The van der Waals surface area contributed by atoms with Crippen molar-refractivity contribution >= 4 is 17.6 Å². The molecule has 0 saturated carbocycles. The summed E-state index contributed by atoms with van der Waals surface area (Å²) in [4.78, 5) is 12.8. The Kier molecular flexibility index (Phi) is 6.50. The Balaban J connectivity index is 2.24. The van der Waals surface area contributed by atoms with Gasteiger partial charge in [-0.1, -0.05) is 55.6 Å². The zero-order valence-corrected chi connectivity index (χ0v) is 15.3. The van der Waals surface area contributed by atoms with Crippen LogP contribution in [0.4, 0.5) is 0 Å². The topological polar surface area (TPSA) is 35.5 Å². The second-order valence-corrected chi connectivity index (χ2v) is 6.47. The number of rotatable bonds is 6. The minimum atomic E-state index is -0.767. The van der Waals surface area contributed by atoms with Crippen molar-refractivity contribution < 1.29 is 14.3 Å². The lowest BCUT2D eigenvalue weighted by molar-refractivity contribution is -0.149. The number of halogens is 1. The van der Waals surface area contributed by atoms with Gasteiger partial charge in [0.2, 0.25) is 0 Å². The smallest absolute Gasteiger partial charge is 0.315 e. The molecule has 0 heterocycles. The van der Waals surface area contributed by atoms with Crippen LogP contribution < -0.4 is 4.74 Å². The molecule has 0 fully saturated rings. The third kappa shape index (κ3) is 4.78. The van der Waals surface area contributed by atoms with Gasteiger partial charge in [0.1, 0.15) is 5.75 Å². The van der Waals surface area contributed by atoms with Crippen LogP contribution in [0.2, 0.25) is 5.02 Å². The molecule has 0 aliphatic carbocycles. The lowest BCUT2D eigenvalue weighted by atomic mass is 9.88. The SMILES string of the molecule is C#CC(OC(=O)C(c1ccc(Cl)cc1)C(C)C)c1cccc(OC)c1. The maximum Gasteiger partial charge on any atom is 0.315 e. The molecular weight excluding hydrogens is 336 g/mol. The molecule has 2 aromatic carbocycles. The Bertz CT molecular complexity index is 759. The van der Waals surface area contributed by atoms with Crippen LogP contribution in [0.1, 0.15) is 37.0 Å². The van der Waals surface area contributed by atoms with E-state index < -0.39 is 12.0 Å². The first kappa shape index (κ1) is 18.9. The van der Waals surface area contributed by atoms with Crippen LogP contribution in [0.5, 0.6) is 5.75 Å². The molecular formula is C21H21ClO3. The molecule has 0 N–H and O–H groups in total. The summed E-state index contributed by atoms with van der Waals surface area (Å²) in [6.45, 7) is 3.94. The van der Waals surface area contributed by atoms with Crippen molar-refractivity contribution in [2.24, 2.45) is 5.92 Å². The van der Waals surface area contributed by atoms with E-state index in [4.69, 9.17) is 27.5 Å². The third-order valence-electron chi connectivity index (χ3n) is 3.93. The van der Waals surface area contributed by atoms with Gasteiger partial charge < -0.3 is 9.47 Å². The molecule has 4 heteroatoms. The number of esters is 1. The average Bonchev–Trinajstić information content (AvgIpc) is 2.61. The molecule has 0 amide bonds. The lowest BCUT2D eigenvalue weighted by Gasteiger charge is -2.22. The van der Waals surface area contributed by atoms with Crippen LogP contribution in [0, 0.1) is 18.3 Å². The highest BCUT2D eigenvalue weighted by Crippen LogP contribution is 2.30. The molecule has 0 saturated heterocycles. The van der Waals surface area contributed by atoms with E-state index in [0.29, 0.717) is 16.3 Å². The molecule has 0 aliphatic rings. The van der Waals surface area contributed by atoms with Crippen molar-refractivity contribution in [3.8, 4) is 18.1 Å². The van der Waals surface area contributed by atoms with Crippen molar-refractivity contribution in [3.05, 3.63) is 64.7 Å². The maximum absolute atomic E-state index is 12.8. The zero-order valence-electron chi connectivity index (χ0n) is 14.5. The van der Waals surface area contributed by atoms with Crippen molar-refractivity contribution in [2.75, 3.05) is 7.11 Å². The van der Waals surface area contributed by atoms with Gasteiger partial charge in [0.05, 0.1) is 13.0 Å². The van der Waals surface area contributed by atoms with E-state index in [1.807, 2.05) is 44.2 Å². The molecule has 2 rings (SSSR count). The molecule has 0 radical (unpaired) electrons. The number of methoxy groups -OCH3 is 1. The summed E-state index contributed by atoms with van der Waals surface area (Å²) in [5.41, 5.74) is 1.56. The Morgan fingerprint density at radius 2 is 1.80 bits per heavy atom. The van der Waals surface area contributed by atoms with Crippen molar-refractivity contribution in [1.29, 1.82) is 0 Å². The number of hydrogen-bond donors (Lipinski definition) is 0. The Labute approximate surface area is 153 Å². The van der Waals surface area contributed by atoms with E-state index >= 15 is 0 Å². The Hall–Kier alpha value is -2.44. The summed E-state index contributed by atoms with van der Waals surface area (Å²) in [5.74, 6) is 2.47. The highest BCUT2D eigenvalue weighted by molar-refractivity contribution is 6.30. The van der Waals surface area contributed by atoms with E-state index in [2.05, 4.69) is 5.92 Å². The standard InChI is InChI=1S/C21H21ClO3/c1-5-19(16-7-6-8-18(13-16)24-4)25-21(23)20(14(2)3)15-9-11-17(22)12-10-15/h1,6-14,19-20H,2-4H3. The highest BCUT2D eigenvalue weighted by atomic mass is 35.5. The fourth-order valence-corrected chi connectivity index (χ4v) is 2.78. The first-order valence-corrected chi connectivity index (χ1v) is 8.40. The van der Waals surface area contributed by atoms with Gasteiger partial charge in [0.15, 0.2) is 6.10 Å². The molecule has 2 unspecified atom stereocenters. The predicted octanol–water partition coefficient (Wildman–Crippen LogP) is 5.01. The molecule has 130 valence electrons. The van der Waals surface area contributed by atoms with E-state index in [0.717, 1.165) is 5.56 Å². The van der Waals surface area contributed by atoms with Gasteiger partial charge in [0.25, 0.3) is 0 Å². The second kappa shape index (κ2) is 8.60. The number of hydrogen-bond acceptors (Lipinski definition) is 3. The van der Waals surface area contributed by atoms with Crippen LogP contribution in [-0.2, 0) is 9.53 Å². The molecule has 0 aromatic heterocycles. The Morgan fingerprint density at radius 3 is 2.36 bits per heavy atom. The van der Waals surface area contributed by atoms with E-state index in [9.17, 15) is 4.79 Å². The quantitative estimate of drug-likeness (QED) is 0.539. The summed E-state index contributed by atoms with van der Waals surface area (Å²) in [6.07, 6.45) is 4.83. The molecule has 0 spiro atoms. The minimum Gasteiger partial charge on any atom is -0.497 e. The first-order chi connectivity index (χ1) is 12.0. The fourth-order valence-electron chi connectivity index (χ4n) is 2.66. The number of carbonyl (C=O) groups is 1. The fraction of sp³-hybridized carbons (Fsp3) is 0.286. The zero-order chi connectivity index (χ0) is 18.4. The predicted molar refractivity (Wildman–Crippen MR) is 99.7 cm³/mol. The number of terminal acetylenes is 1. The van der Waals surface area contributed by atoms with Crippen LogP contribution in [-0.4, -0.2) is 13.1 Å². The highest BCUT2D eigenvalue weighted by Gasteiger charge is 2.28. The molecule has 25 heavy (non-hydrogen) atoms. The minimum absolute atomic E-state index is 0.0532. The van der Waals surface area contributed by atoms with Gasteiger partial charge in [-0.3, -0.25) is 4.79 Å². The number of benzene rings is 2. The summed E-state index contributed by atoms with van der Waals surface area (Å²) in [6, 6.07) is 14.4. The Morgan fingerprint density at radius 1 is 1.12 bits per heavy atom. The molecule has 0 aliphatic heterocycles. The van der Waals surface area contributed by atoms with Crippen LogP contribution in [0.25, 0.3) is 0 Å². The van der Waals surface area contributed by atoms with E-state index in [1.165, 1.54) is 0 Å². The van der Waals surface area contributed by atoms with Gasteiger partial charge in [-0.25, -0.2) is 0 Å². The van der Waals surface area contributed by atoms with Gasteiger partial charge >= 0.3 is 5.97 Å². The van der Waals surface area contributed by atoms with Gasteiger partial charge in [-0.2, -0.15) is 0 Å². The summed E-state index contributed by atoms with van der Waals surface area (Å²) < 4.78 is 10.8. The largest absolute Gasteiger partial charge is 0.497 e. The van der Waals surface area contributed by atoms with Gasteiger partial charge in [0, 0.05) is 10.6 Å². The van der Waals surface area contributed by atoms with Crippen LogP contribution in [0.15, 0.2) is 48.5 Å². The van der Waals surface area contributed by atoms with E-state index in [-0.39, 0.29) is 11.9 Å². The maximum atomic E-state index is 12.8. The second-order valence-electron chi connectivity index (χ2n) is 6.03. The van der Waals surface area contributed by atoms with Crippen LogP contribution >= 0.6 is 11.6 Å². The molecule has 0 bridgehead atoms. The lowest BCUT2D eigenvalue weighted by Crippen LogP contribution is -2.22. The van der Waals surface area contributed by atoms with Gasteiger partial charge in [-0.15, -0.1) is 6.42 Å². The summed E-state index contributed by atoms with van der Waals surface area (Å²) >= 11 is 5.94. The van der Waals surface area contributed by atoms with Crippen molar-refractivity contribution in [3.63, 3.8) is 0 Å². The van der Waals surface area contributed by atoms with Crippen molar-refractivity contribution in [2.45, 2.75) is 25.9 Å². The molecule has 3 nitrogen and oxygen atoms in total. The summed E-state index contributed by atoms with van der Waals surface area (Å²) in [5, 5.41) is 0.623. The van der Waals surface area contributed by atoms with Gasteiger partial charge in [-0.05, 0) is 35.7 Å². The van der Waals surface area contributed by atoms with Crippen molar-refractivity contribution in [1.82, 2.24) is 0 Å². The number of ether oxygens (including phenoxy) is 2. The number of carbonyl (C=O) groups excluding carboxylic acids is 1. The first-order valence-electron chi connectivity index (χ1n) is 8.02. The monoisotopic (exact) mass is 356 g/mol. The summed E-state index contributed by atoms with van der Waals surface area (Å²) in [7, 11) is 1.57. The molecule has 2 atom stereocenters. The average molecular weight is 357 g/mol. The van der Waals surface area contributed by atoms with Crippen LogP contribution in [0.3, 0.4) is 0 Å². The normalized spacial score (nSPS) is 13.0. The molecule has 2 aromatic rings. The van der Waals surface area contributed by atoms with E-state index in [1.54, 1.807) is 25.3 Å².